The molecule has 2 rings (SSSR count). The summed E-state index contributed by atoms with van der Waals surface area (Å²) in [5, 5.41) is 3.68. The summed E-state index contributed by atoms with van der Waals surface area (Å²) in [6.45, 7) is 9.73. The zero-order chi connectivity index (χ0) is 15.5. The van der Waals surface area contributed by atoms with Crippen LogP contribution in [0, 0.1) is 11.3 Å². The average molecular weight is 291 g/mol. The van der Waals surface area contributed by atoms with E-state index in [1.54, 1.807) is 7.11 Å². The van der Waals surface area contributed by atoms with Crippen LogP contribution < -0.4 is 14.8 Å². The number of benzene rings is 1. The van der Waals surface area contributed by atoms with Crippen molar-refractivity contribution < 1.29 is 9.47 Å². The van der Waals surface area contributed by atoms with Crippen LogP contribution in [0.5, 0.6) is 11.5 Å². The standard InChI is InChI=1S/C18H29NO2/c1-6-21-16-8-7-14(11-17(16)20-5)19-15-9-10-18(3,4)12-13(15)2/h7-8,11,13,15,19H,6,9-10,12H2,1-5H3. The predicted molar refractivity (Wildman–Crippen MR) is 88.4 cm³/mol. The lowest BCUT2D eigenvalue weighted by Crippen LogP contribution is -2.36. The van der Waals surface area contributed by atoms with Gasteiger partial charge < -0.3 is 14.8 Å². The molecular formula is C18H29NO2. The lowest BCUT2D eigenvalue weighted by atomic mass is 9.70. The number of hydrogen-bond acceptors (Lipinski definition) is 3. The fourth-order valence-electron chi connectivity index (χ4n) is 3.41. The lowest BCUT2D eigenvalue weighted by molar-refractivity contribution is 0.177. The van der Waals surface area contributed by atoms with Crippen LogP contribution in [-0.4, -0.2) is 19.8 Å². The molecule has 21 heavy (non-hydrogen) atoms. The topological polar surface area (TPSA) is 30.5 Å². The van der Waals surface area contributed by atoms with E-state index < -0.39 is 0 Å². The molecule has 2 unspecified atom stereocenters. The number of methoxy groups -OCH3 is 1. The molecule has 2 atom stereocenters. The van der Waals surface area contributed by atoms with Gasteiger partial charge in [-0.15, -0.1) is 0 Å². The number of ether oxygens (including phenoxy) is 2. The quantitative estimate of drug-likeness (QED) is 0.851. The molecular weight excluding hydrogens is 262 g/mol. The van der Waals surface area contributed by atoms with E-state index in [1.807, 2.05) is 19.1 Å². The molecule has 1 aromatic rings. The fraction of sp³-hybridized carbons (Fsp3) is 0.667. The first-order valence-electron chi connectivity index (χ1n) is 8.02. The van der Waals surface area contributed by atoms with Gasteiger partial charge in [-0.1, -0.05) is 20.8 Å². The largest absolute Gasteiger partial charge is 0.493 e. The molecule has 1 saturated carbocycles. The normalized spacial score (nSPS) is 24.4. The average Bonchev–Trinajstić information content (AvgIpc) is 2.43. The zero-order valence-corrected chi connectivity index (χ0v) is 14.0. The molecule has 0 radical (unpaired) electrons. The third kappa shape index (κ3) is 4.05. The van der Waals surface area contributed by atoms with Crippen LogP contribution in [0.3, 0.4) is 0 Å². The SMILES string of the molecule is CCOc1ccc(NC2CCC(C)(C)CC2C)cc1OC. The van der Waals surface area contributed by atoms with Gasteiger partial charge >= 0.3 is 0 Å². The Balaban J connectivity index is 2.06. The second-order valence-electron chi connectivity index (χ2n) is 6.93. The van der Waals surface area contributed by atoms with Crippen LogP contribution in [0.2, 0.25) is 0 Å². The molecule has 1 aromatic carbocycles. The van der Waals surface area contributed by atoms with Gasteiger partial charge in [0.1, 0.15) is 0 Å². The van der Waals surface area contributed by atoms with E-state index >= 15 is 0 Å². The van der Waals surface area contributed by atoms with Crippen LogP contribution in [0.4, 0.5) is 5.69 Å². The van der Waals surface area contributed by atoms with Crippen LogP contribution in [0.1, 0.15) is 47.0 Å². The summed E-state index contributed by atoms with van der Waals surface area (Å²) in [4.78, 5) is 0. The second-order valence-corrected chi connectivity index (χ2v) is 6.93. The minimum atomic E-state index is 0.480. The minimum absolute atomic E-state index is 0.480. The second kappa shape index (κ2) is 6.59. The molecule has 0 amide bonds. The highest BCUT2D eigenvalue weighted by Crippen LogP contribution is 2.40. The molecule has 3 heteroatoms. The number of rotatable bonds is 5. The maximum absolute atomic E-state index is 5.57. The van der Waals surface area contributed by atoms with Crippen molar-refractivity contribution in [3.63, 3.8) is 0 Å². The molecule has 0 aromatic heterocycles. The maximum Gasteiger partial charge on any atom is 0.162 e. The van der Waals surface area contributed by atoms with E-state index in [1.165, 1.54) is 19.3 Å². The molecule has 1 aliphatic carbocycles. The van der Waals surface area contributed by atoms with Crippen molar-refractivity contribution in [3.8, 4) is 11.5 Å². The Labute approximate surface area is 129 Å². The van der Waals surface area contributed by atoms with E-state index in [4.69, 9.17) is 9.47 Å². The van der Waals surface area contributed by atoms with E-state index in [0.717, 1.165) is 17.2 Å². The van der Waals surface area contributed by atoms with E-state index in [0.29, 0.717) is 24.0 Å². The van der Waals surface area contributed by atoms with Gasteiger partial charge in [0, 0.05) is 17.8 Å². The van der Waals surface area contributed by atoms with Crippen LogP contribution in [0.15, 0.2) is 18.2 Å². The third-order valence-electron chi connectivity index (χ3n) is 4.51. The first-order valence-corrected chi connectivity index (χ1v) is 8.02. The Kier molecular flexibility index (Phi) is 5.02. The molecule has 0 heterocycles. The zero-order valence-electron chi connectivity index (χ0n) is 14.0. The van der Waals surface area contributed by atoms with E-state index in [9.17, 15) is 0 Å². The molecule has 1 N–H and O–H groups in total. The Morgan fingerprint density at radius 1 is 1.29 bits per heavy atom. The molecule has 0 saturated heterocycles. The first-order chi connectivity index (χ1) is 9.95. The van der Waals surface area contributed by atoms with Crippen molar-refractivity contribution in [1.82, 2.24) is 0 Å². The van der Waals surface area contributed by atoms with Crippen molar-refractivity contribution >= 4 is 5.69 Å². The van der Waals surface area contributed by atoms with Gasteiger partial charge in [0.2, 0.25) is 0 Å². The Hall–Kier alpha value is -1.38. The highest BCUT2D eigenvalue weighted by molar-refractivity contribution is 5.55. The van der Waals surface area contributed by atoms with Crippen LogP contribution in [0.25, 0.3) is 0 Å². The van der Waals surface area contributed by atoms with Gasteiger partial charge in [0.25, 0.3) is 0 Å². The molecule has 1 aliphatic rings. The highest BCUT2D eigenvalue weighted by Gasteiger charge is 2.32. The number of hydrogen-bond donors (Lipinski definition) is 1. The Morgan fingerprint density at radius 2 is 2.05 bits per heavy atom. The molecule has 3 nitrogen and oxygen atoms in total. The van der Waals surface area contributed by atoms with Gasteiger partial charge in [-0.25, -0.2) is 0 Å². The van der Waals surface area contributed by atoms with Gasteiger partial charge in [-0.3, -0.25) is 0 Å². The highest BCUT2D eigenvalue weighted by atomic mass is 16.5. The first kappa shape index (κ1) is 16.0. The summed E-state index contributed by atoms with van der Waals surface area (Å²) >= 11 is 0. The number of nitrogens with one attached hydrogen (secondary N) is 1. The summed E-state index contributed by atoms with van der Waals surface area (Å²) < 4.78 is 11.0. The van der Waals surface area contributed by atoms with Gasteiger partial charge in [0.15, 0.2) is 11.5 Å². The predicted octanol–water partition coefficient (Wildman–Crippen LogP) is 4.72. The smallest absolute Gasteiger partial charge is 0.162 e. The minimum Gasteiger partial charge on any atom is -0.493 e. The maximum atomic E-state index is 5.57. The van der Waals surface area contributed by atoms with Crippen molar-refractivity contribution in [1.29, 1.82) is 0 Å². The van der Waals surface area contributed by atoms with Crippen molar-refractivity contribution in [3.05, 3.63) is 18.2 Å². The molecule has 1 fully saturated rings. The van der Waals surface area contributed by atoms with Crippen molar-refractivity contribution in [2.24, 2.45) is 11.3 Å². The summed E-state index contributed by atoms with van der Waals surface area (Å²) in [5.41, 5.74) is 1.60. The van der Waals surface area contributed by atoms with E-state index in [-0.39, 0.29) is 0 Å². The molecule has 118 valence electrons. The number of anilines is 1. The third-order valence-corrected chi connectivity index (χ3v) is 4.51. The van der Waals surface area contributed by atoms with Crippen molar-refractivity contribution in [2.45, 2.75) is 53.0 Å². The monoisotopic (exact) mass is 291 g/mol. The van der Waals surface area contributed by atoms with Crippen LogP contribution in [-0.2, 0) is 0 Å². The molecule has 0 bridgehead atoms. The Morgan fingerprint density at radius 3 is 2.67 bits per heavy atom. The summed E-state index contributed by atoms with van der Waals surface area (Å²) in [7, 11) is 1.69. The summed E-state index contributed by atoms with van der Waals surface area (Å²) in [5.74, 6) is 2.29. The summed E-state index contributed by atoms with van der Waals surface area (Å²) in [6.07, 6.45) is 3.78. The molecule has 0 aliphatic heterocycles. The van der Waals surface area contributed by atoms with Gasteiger partial charge in [-0.05, 0) is 49.7 Å². The van der Waals surface area contributed by atoms with Crippen molar-refractivity contribution in [2.75, 3.05) is 19.0 Å². The van der Waals surface area contributed by atoms with Gasteiger partial charge in [0.05, 0.1) is 13.7 Å². The lowest BCUT2D eigenvalue weighted by Gasteiger charge is -2.40. The van der Waals surface area contributed by atoms with Gasteiger partial charge in [-0.2, -0.15) is 0 Å². The van der Waals surface area contributed by atoms with E-state index in [2.05, 4.69) is 32.2 Å². The Bertz CT molecular complexity index is 470. The van der Waals surface area contributed by atoms with Crippen LogP contribution >= 0.6 is 0 Å². The molecule has 0 spiro atoms. The summed E-state index contributed by atoms with van der Waals surface area (Å²) in [6, 6.07) is 6.65. The fourth-order valence-corrected chi connectivity index (χ4v) is 3.41.